The van der Waals surface area contributed by atoms with Crippen molar-refractivity contribution in [2.75, 3.05) is 24.7 Å². The molecule has 0 saturated heterocycles. The lowest BCUT2D eigenvalue weighted by molar-refractivity contribution is -0.142. The van der Waals surface area contributed by atoms with Crippen molar-refractivity contribution in [3.63, 3.8) is 0 Å². The van der Waals surface area contributed by atoms with Gasteiger partial charge >= 0.3 is 23.9 Å². The summed E-state index contributed by atoms with van der Waals surface area (Å²) in [6.07, 6.45) is 21.0. The molecule has 0 unspecified atom stereocenters. The zero-order valence-electron chi connectivity index (χ0n) is 34.8. The Morgan fingerprint density at radius 3 is 1.42 bits per heavy atom. The number of hydrogen-bond donors (Lipinski definition) is 2. The molecule has 5 rings (SSSR count). The number of carbonyl (C=O) groups excluding carboxylic acids is 4. The van der Waals surface area contributed by atoms with Gasteiger partial charge in [0.05, 0.1) is 17.8 Å². The summed E-state index contributed by atoms with van der Waals surface area (Å²) < 4.78 is 22.5. The third-order valence-corrected chi connectivity index (χ3v) is 11.7. The number of hydrogen-bond acceptors (Lipinski definition) is 10. The Morgan fingerprint density at radius 1 is 0.610 bits per heavy atom. The molecular formula is C49H62N2O8. The predicted molar refractivity (Wildman–Crippen MR) is 232 cm³/mol. The number of nitrogen functional groups attached to an aromatic ring is 2. The molecule has 10 nitrogen and oxygen atoms in total. The summed E-state index contributed by atoms with van der Waals surface area (Å²) in [6, 6.07) is 18.9. The first-order valence-electron chi connectivity index (χ1n) is 21.6. The van der Waals surface area contributed by atoms with Gasteiger partial charge in [-0.2, -0.15) is 0 Å². The number of nitrogens with two attached hydrogens (primary N) is 2. The van der Waals surface area contributed by atoms with Crippen molar-refractivity contribution in [1.29, 1.82) is 0 Å². The molecule has 59 heavy (non-hydrogen) atoms. The van der Waals surface area contributed by atoms with Gasteiger partial charge in [0.15, 0.2) is 0 Å². The van der Waals surface area contributed by atoms with Gasteiger partial charge in [0.1, 0.15) is 24.7 Å². The SMILES string of the molecule is CCCCC1CCC(C(=O)Oc2ccc(C=CC(=O)OCC(COC(=O)C=Cc3ccc(OC(=O)C4CCC(CCCC)CC4)cc3)c3ccc(N)cc3N)cc2)CC1. The highest BCUT2D eigenvalue weighted by Crippen LogP contribution is 2.34. The van der Waals surface area contributed by atoms with Crippen LogP contribution in [0.1, 0.15) is 126 Å². The number of carbonyl (C=O) groups is 4. The van der Waals surface area contributed by atoms with Crippen LogP contribution in [0.2, 0.25) is 0 Å². The minimum Gasteiger partial charge on any atom is -0.462 e. The fourth-order valence-electron chi connectivity index (χ4n) is 8.04. The Bertz CT molecular complexity index is 1760. The van der Waals surface area contributed by atoms with E-state index < -0.39 is 17.9 Å². The lowest BCUT2D eigenvalue weighted by atomic mass is 9.80. The molecule has 0 bridgehead atoms. The maximum Gasteiger partial charge on any atom is 0.330 e. The predicted octanol–water partition coefficient (Wildman–Crippen LogP) is 10.3. The standard InChI is InChI=1S/C49H62N2O8/c1-3-5-7-34-9-19-38(20-10-34)48(54)58-42-24-13-36(14-25-42)17-29-46(52)56-32-40(44-28-23-41(50)31-45(44)51)33-57-47(53)30-18-37-15-26-43(27-16-37)59-49(55)39-21-11-35(12-22-39)8-6-4-2/h13-18,23-31,34-35,38-40H,3-12,19-22,32-33,50-51H2,1-2H3. The number of esters is 4. The third kappa shape index (κ3) is 14.7. The molecule has 0 aliphatic heterocycles. The van der Waals surface area contributed by atoms with Crippen LogP contribution < -0.4 is 20.9 Å². The zero-order valence-corrected chi connectivity index (χ0v) is 34.8. The molecule has 2 aliphatic rings. The summed E-state index contributed by atoms with van der Waals surface area (Å²) in [4.78, 5) is 51.1. The van der Waals surface area contributed by atoms with E-state index in [2.05, 4.69) is 13.8 Å². The van der Waals surface area contributed by atoms with E-state index in [9.17, 15) is 19.2 Å². The number of anilines is 2. The topological polar surface area (TPSA) is 157 Å². The average Bonchev–Trinajstić information content (AvgIpc) is 3.25. The maximum absolute atomic E-state index is 12.8. The third-order valence-electron chi connectivity index (χ3n) is 11.7. The van der Waals surface area contributed by atoms with Gasteiger partial charge in [-0.15, -0.1) is 0 Å². The summed E-state index contributed by atoms with van der Waals surface area (Å²) in [5, 5.41) is 0. The van der Waals surface area contributed by atoms with E-state index in [1.165, 1.54) is 50.7 Å². The molecule has 0 heterocycles. The highest BCUT2D eigenvalue weighted by atomic mass is 16.6. The molecule has 4 N–H and O–H groups in total. The molecule has 3 aromatic rings. The largest absolute Gasteiger partial charge is 0.462 e. The van der Waals surface area contributed by atoms with Crippen LogP contribution in [0.25, 0.3) is 12.2 Å². The summed E-state index contributed by atoms with van der Waals surface area (Å²) in [5.74, 6) is 0.137. The molecule has 0 spiro atoms. The number of rotatable bonds is 19. The molecule has 2 fully saturated rings. The van der Waals surface area contributed by atoms with Crippen LogP contribution in [-0.4, -0.2) is 37.1 Å². The average molecular weight is 807 g/mol. The lowest BCUT2D eigenvalue weighted by Gasteiger charge is -2.27. The Balaban J connectivity index is 1.07. The molecule has 3 aromatic carbocycles. The Hall–Kier alpha value is -5.38. The molecule has 0 aromatic heterocycles. The van der Waals surface area contributed by atoms with E-state index in [4.69, 9.17) is 30.4 Å². The van der Waals surface area contributed by atoms with E-state index in [-0.39, 0.29) is 37.0 Å². The second-order valence-corrected chi connectivity index (χ2v) is 16.2. The van der Waals surface area contributed by atoms with Crippen molar-refractivity contribution in [2.24, 2.45) is 23.7 Å². The van der Waals surface area contributed by atoms with Crippen molar-refractivity contribution in [3.8, 4) is 11.5 Å². The normalized spacial score (nSPS) is 19.9. The fourth-order valence-corrected chi connectivity index (χ4v) is 8.04. The van der Waals surface area contributed by atoms with Crippen LogP contribution in [0.4, 0.5) is 11.4 Å². The zero-order chi connectivity index (χ0) is 42.0. The number of ether oxygens (including phenoxy) is 4. The van der Waals surface area contributed by atoms with Crippen LogP contribution in [0.15, 0.2) is 78.9 Å². The van der Waals surface area contributed by atoms with Gasteiger partial charge in [-0.05, 0) is 128 Å². The van der Waals surface area contributed by atoms with Gasteiger partial charge in [-0.1, -0.05) is 82.7 Å². The van der Waals surface area contributed by atoms with Gasteiger partial charge in [0.2, 0.25) is 0 Å². The van der Waals surface area contributed by atoms with Crippen molar-refractivity contribution in [2.45, 2.75) is 110 Å². The van der Waals surface area contributed by atoms with Gasteiger partial charge < -0.3 is 30.4 Å². The molecule has 316 valence electrons. The van der Waals surface area contributed by atoms with E-state index >= 15 is 0 Å². The molecule has 0 atom stereocenters. The van der Waals surface area contributed by atoms with Crippen LogP contribution >= 0.6 is 0 Å². The first-order chi connectivity index (χ1) is 28.6. The molecular weight excluding hydrogens is 745 g/mol. The van der Waals surface area contributed by atoms with Crippen LogP contribution in [0.5, 0.6) is 11.5 Å². The van der Waals surface area contributed by atoms with Crippen LogP contribution in [0, 0.1) is 23.7 Å². The van der Waals surface area contributed by atoms with E-state index in [1.807, 2.05) is 0 Å². The summed E-state index contributed by atoms with van der Waals surface area (Å²) in [6.45, 7) is 4.20. The molecule has 2 saturated carbocycles. The van der Waals surface area contributed by atoms with Crippen molar-refractivity contribution >= 4 is 47.4 Å². The second-order valence-electron chi connectivity index (χ2n) is 16.2. The van der Waals surface area contributed by atoms with Crippen molar-refractivity contribution in [3.05, 3.63) is 95.6 Å². The first-order valence-corrected chi connectivity index (χ1v) is 21.6. The molecule has 10 heteroatoms. The molecule has 2 aliphatic carbocycles. The smallest absolute Gasteiger partial charge is 0.330 e. The highest BCUT2D eigenvalue weighted by molar-refractivity contribution is 5.88. The Labute approximate surface area is 349 Å². The number of benzene rings is 3. The first kappa shape index (κ1) is 44.7. The highest BCUT2D eigenvalue weighted by Gasteiger charge is 2.29. The lowest BCUT2D eigenvalue weighted by Crippen LogP contribution is -2.25. The van der Waals surface area contributed by atoms with Crippen molar-refractivity contribution < 1.29 is 38.1 Å². The second kappa shape index (κ2) is 23.3. The summed E-state index contributed by atoms with van der Waals surface area (Å²) in [5.41, 5.74) is 15.1. The van der Waals surface area contributed by atoms with Gasteiger partial charge in [0, 0.05) is 23.5 Å². The molecule has 0 amide bonds. The fraction of sp³-hybridized carbons (Fsp3) is 0.469. The minimum absolute atomic E-state index is 0.0625. The summed E-state index contributed by atoms with van der Waals surface area (Å²) in [7, 11) is 0. The van der Waals surface area contributed by atoms with Gasteiger partial charge in [0.25, 0.3) is 0 Å². The van der Waals surface area contributed by atoms with Gasteiger partial charge in [-0.25, -0.2) is 9.59 Å². The Morgan fingerprint density at radius 2 is 1.03 bits per heavy atom. The van der Waals surface area contributed by atoms with Gasteiger partial charge in [-0.3, -0.25) is 9.59 Å². The van der Waals surface area contributed by atoms with Crippen LogP contribution in [0.3, 0.4) is 0 Å². The quantitative estimate of drug-likeness (QED) is 0.0517. The van der Waals surface area contributed by atoms with E-state index in [1.54, 1.807) is 78.9 Å². The Kier molecular flexibility index (Phi) is 17.6. The van der Waals surface area contributed by atoms with Crippen molar-refractivity contribution in [1.82, 2.24) is 0 Å². The minimum atomic E-state index is -0.593. The van der Waals surface area contributed by atoms with E-state index in [0.29, 0.717) is 28.4 Å². The van der Waals surface area contributed by atoms with Crippen LogP contribution in [-0.2, 0) is 28.7 Å². The van der Waals surface area contributed by atoms with E-state index in [0.717, 1.165) is 74.3 Å². The molecule has 0 radical (unpaired) electrons. The monoisotopic (exact) mass is 806 g/mol. The number of unbranched alkanes of at least 4 members (excludes halogenated alkanes) is 2. The summed E-state index contributed by atoms with van der Waals surface area (Å²) >= 11 is 0. The maximum atomic E-state index is 12.8.